The molecule has 8 N–H and O–H groups in total. The quantitative estimate of drug-likeness (QED) is 0.0602. The van der Waals surface area contributed by atoms with E-state index in [1.165, 1.54) is 17.1 Å². The highest BCUT2D eigenvalue weighted by Gasteiger charge is 2.44. The van der Waals surface area contributed by atoms with Gasteiger partial charge in [0.1, 0.15) is 35.6 Å². The van der Waals surface area contributed by atoms with Crippen LogP contribution in [-0.2, 0) is 36.3 Å². The van der Waals surface area contributed by atoms with Gasteiger partial charge in [-0.3, -0.25) is 4.52 Å². The molecule has 246 valence electrons. The lowest BCUT2D eigenvalue weighted by molar-refractivity contribution is -0.0643. The molecule has 6 atom stereocenters. The average Bonchev–Trinajstić information content (AvgIpc) is 3.53. The molecule has 6 unspecified atom stereocenters. The summed E-state index contributed by atoms with van der Waals surface area (Å²) in [4.78, 5) is 45.6. The normalized spacial score (nSPS) is 22.0. The Bertz CT molecular complexity index is 1680. The number of benzene rings is 1. The molecule has 1 saturated heterocycles. The van der Waals surface area contributed by atoms with Gasteiger partial charge in [0, 0.05) is 18.4 Å². The second-order valence-corrected chi connectivity index (χ2v) is 16.2. The molecule has 0 radical (unpaired) electrons. The molecule has 0 bridgehead atoms. The molecule has 1 aliphatic rings. The molecule has 45 heavy (non-hydrogen) atoms. The van der Waals surface area contributed by atoms with E-state index in [9.17, 15) is 23.5 Å². The van der Waals surface area contributed by atoms with Crippen LogP contribution in [0.15, 0.2) is 42.9 Å². The summed E-state index contributed by atoms with van der Waals surface area (Å²) < 4.78 is 62.3. The summed E-state index contributed by atoms with van der Waals surface area (Å²) in [5.74, 6) is 6.65. The summed E-state index contributed by atoms with van der Waals surface area (Å²) in [5.41, 5.74) is 12.9. The fourth-order valence-electron chi connectivity index (χ4n) is 4.26. The van der Waals surface area contributed by atoms with Gasteiger partial charge in [0.2, 0.25) is 0 Å². The van der Waals surface area contributed by atoms with Crippen LogP contribution in [0.5, 0.6) is 0 Å². The zero-order chi connectivity index (χ0) is 32.8. The van der Waals surface area contributed by atoms with Gasteiger partial charge in [-0.05, 0) is 5.56 Å². The minimum atomic E-state index is -5.72. The van der Waals surface area contributed by atoms with Gasteiger partial charge < -0.3 is 45.1 Å². The molecule has 17 nitrogen and oxygen atoms in total. The Kier molecular flexibility index (Phi) is 12.3. The zero-order valence-electron chi connectivity index (χ0n) is 23.4. The van der Waals surface area contributed by atoms with Gasteiger partial charge in [0.05, 0.1) is 30.2 Å². The van der Waals surface area contributed by atoms with E-state index in [1.54, 1.807) is 21.6 Å². The lowest BCUT2D eigenvalue weighted by Crippen LogP contribution is -2.29. The standard InChI is InChI=1S/C23H30N5O12P3S2/c1-2-44-45-23(15-7-4-3-5-8-15)38-17-11-19(28-12-16(9-6-10-24)20-21(25)26-14-27-22(20)28)37-18(17)13-36-42(32,33)40-43(34,35)39-41(29,30)31/h3-5,7-8,12,14,17-19,23H,2,10-11,13,24H2,1H3,(H,32,33)(H,34,35)(H2,25,26,27)(H2,29,30,31). The van der Waals surface area contributed by atoms with Crippen molar-refractivity contribution in [3.63, 3.8) is 0 Å². The Hall–Kier alpha value is -1.81. The molecular formula is C23H30N5O12P3S2. The van der Waals surface area contributed by atoms with Crippen LogP contribution in [0.25, 0.3) is 11.0 Å². The van der Waals surface area contributed by atoms with Crippen molar-refractivity contribution in [2.75, 3.05) is 24.6 Å². The van der Waals surface area contributed by atoms with E-state index >= 15 is 0 Å². The van der Waals surface area contributed by atoms with Crippen LogP contribution in [0.1, 0.15) is 36.1 Å². The molecule has 0 aliphatic carbocycles. The number of rotatable bonds is 14. The summed E-state index contributed by atoms with van der Waals surface area (Å²) in [5, 5.41) is 0.466. The summed E-state index contributed by atoms with van der Waals surface area (Å²) in [7, 11) is -13.7. The maximum atomic E-state index is 12.5. The van der Waals surface area contributed by atoms with Gasteiger partial charge in [-0.1, -0.05) is 70.7 Å². The lowest BCUT2D eigenvalue weighted by Gasteiger charge is -2.25. The van der Waals surface area contributed by atoms with Gasteiger partial charge in [-0.2, -0.15) is 8.62 Å². The number of fused-ring (bicyclic) bond motifs is 1. The number of nitrogen functional groups attached to an aromatic ring is 1. The van der Waals surface area contributed by atoms with E-state index < -0.39 is 53.9 Å². The summed E-state index contributed by atoms with van der Waals surface area (Å²) in [6.07, 6.45) is 0.425. The van der Waals surface area contributed by atoms with Crippen molar-refractivity contribution in [3.8, 4) is 11.8 Å². The molecule has 4 rings (SSSR count). The van der Waals surface area contributed by atoms with Crippen LogP contribution < -0.4 is 11.5 Å². The van der Waals surface area contributed by atoms with Crippen molar-refractivity contribution in [3.05, 3.63) is 54.0 Å². The first-order valence-corrected chi connectivity index (χ1v) is 19.8. The zero-order valence-corrected chi connectivity index (χ0v) is 27.7. The lowest BCUT2D eigenvalue weighted by atomic mass is 10.1. The van der Waals surface area contributed by atoms with E-state index in [2.05, 4.69) is 30.4 Å². The van der Waals surface area contributed by atoms with Crippen LogP contribution >= 0.6 is 45.1 Å². The van der Waals surface area contributed by atoms with Crippen molar-refractivity contribution in [1.29, 1.82) is 0 Å². The summed E-state index contributed by atoms with van der Waals surface area (Å²) >= 11 is 0. The van der Waals surface area contributed by atoms with Gasteiger partial charge in [0.15, 0.2) is 0 Å². The molecule has 22 heteroatoms. The molecule has 1 aliphatic heterocycles. The highest BCUT2D eigenvalue weighted by molar-refractivity contribution is 8.76. The first-order valence-electron chi connectivity index (χ1n) is 12.9. The number of hydrogen-bond acceptors (Lipinski definition) is 14. The summed E-state index contributed by atoms with van der Waals surface area (Å²) in [6.45, 7) is 1.36. The number of nitrogens with two attached hydrogens (primary N) is 2. The fraction of sp³-hybridized carbons (Fsp3) is 0.391. The first-order chi connectivity index (χ1) is 21.2. The monoisotopic (exact) mass is 725 g/mol. The Morgan fingerprint density at radius 2 is 1.87 bits per heavy atom. The Morgan fingerprint density at radius 1 is 1.13 bits per heavy atom. The predicted octanol–water partition coefficient (Wildman–Crippen LogP) is 3.44. The molecule has 0 saturated carbocycles. The van der Waals surface area contributed by atoms with Crippen molar-refractivity contribution >= 4 is 61.9 Å². The predicted molar refractivity (Wildman–Crippen MR) is 166 cm³/mol. The van der Waals surface area contributed by atoms with E-state index in [1.807, 2.05) is 37.3 Å². The molecule has 0 amide bonds. The largest absolute Gasteiger partial charge is 0.490 e. The number of hydrogen-bond donors (Lipinski definition) is 6. The number of ether oxygens (including phenoxy) is 2. The minimum Gasteiger partial charge on any atom is -0.383 e. The number of anilines is 1. The highest BCUT2D eigenvalue weighted by Crippen LogP contribution is 2.66. The SMILES string of the molecule is CCSSC(OC1CC(n2cc(C#CCN)c3c(N)ncnc32)OC1COP(=O)(O)OP(=O)(O)OP(=O)(O)O)c1ccccc1. The molecule has 1 fully saturated rings. The van der Waals surface area contributed by atoms with Crippen molar-refractivity contribution < 1.29 is 55.9 Å². The Morgan fingerprint density at radius 3 is 2.53 bits per heavy atom. The highest BCUT2D eigenvalue weighted by atomic mass is 33.1. The van der Waals surface area contributed by atoms with Crippen molar-refractivity contribution in [2.24, 2.45) is 5.73 Å². The molecule has 0 spiro atoms. The fourth-order valence-corrected chi connectivity index (χ4v) is 9.25. The van der Waals surface area contributed by atoms with Gasteiger partial charge in [0.25, 0.3) is 0 Å². The Balaban J connectivity index is 1.64. The summed E-state index contributed by atoms with van der Waals surface area (Å²) in [6, 6.07) is 9.31. The topological polar surface area (TPSA) is 261 Å². The van der Waals surface area contributed by atoms with Gasteiger partial charge in [-0.15, -0.1) is 0 Å². The molecule has 3 aromatic rings. The van der Waals surface area contributed by atoms with E-state index in [-0.39, 0.29) is 18.8 Å². The van der Waals surface area contributed by atoms with Crippen LogP contribution in [0, 0.1) is 11.8 Å². The maximum absolute atomic E-state index is 12.5. The molecular weight excluding hydrogens is 695 g/mol. The Labute approximate surface area is 265 Å². The van der Waals surface area contributed by atoms with E-state index in [0.717, 1.165) is 11.3 Å². The number of aromatic nitrogens is 3. The van der Waals surface area contributed by atoms with Crippen molar-refractivity contribution in [1.82, 2.24) is 14.5 Å². The van der Waals surface area contributed by atoms with Crippen molar-refractivity contribution in [2.45, 2.75) is 37.2 Å². The van der Waals surface area contributed by atoms with Gasteiger partial charge >= 0.3 is 23.5 Å². The molecule has 1 aromatic carbocycles. The van der Waals surface area contributed by atoms with Crippen LogP contribution in [-0.4, -0.2) is 65.2 Å². The third-order valence-corrected chi connectivity index (χ3v) is 12.3. The minimum absolute atomic E-state index is 0.0904. The van der Waals surface area contributed by atoms with Gasteiger partial charge in [-0.25, -0.2) is 23.7 Å². The third kappa shape index (κ3) is 10.1. The number of phosphoric acid groups is 3. The second-order valence-electron chi connectivity index (χ2n) is 9.08. The first kappa shape index (κ1) is 36.0. The van der Waals surface area contributed by atoms with Crippen LogP contribution in [0.4, 0.5) is 5.82 Å². The second kappa shape index (κ2) is 15.4. The number of phosphoric ester groups is 1. The van der Waals surface area contributed by atoms with Crippen LogP contribution in [0.3, 0.4) is 0 Å². The number of nitrogens with zero attached hydrogens (tertiary/aromatic N) is 3. The molecule has 3 heterocycles. The average molecular weight is 726 g/mol. The van der Waals surface area contributed by atoms with Crippen LogP contribution in [0.2, 0.25) is 0 Å². The van der Waals surface area contributed by atoms with E-state index in [4.69, 9.17) is 35.3 Å². The molecule has 2 aromatic heterocycles. The smallest absolute Gasteiger partial charge is 0.383 e. The third-order valence-electron chi connectivity index (χ3n) is 5.92. The van der Waals surface area contributed by atoms with E-state index in [0.29, 0.717) is 16.6 Å². The maximum Gasteiger partial charge on any atom is 0.490 e.